The maximum absolute atomic E-state index is 12.4. The van der Waals surface area contributed by atoms with Crippen LogP contribution in [-0.2, 0) is 4.79 Å². The summed E-state index contributed by atoms with van der Waals surface area (Å²) in [6, 6.07) is 5.70. The van der Waals surface area contributed by atoms with E-state index in [1.807, 2.05) is 23.1 Å². The average molecular weight is 300 g/mol. The van der Waals surface area contributed by atoms with E-state index in [2.05, 4.69) is 20.8 Å². The van der Waals surface area contributed by atoms with Gasteiger partial charge < -0.3 is 4.90 Å². The third-order valence-electron chi connectivity index (χ3n) is 3.73. The fourth-order valence-corrected chi connectivity index (χ4v) is 3.27. The van der Waals surface area contributed by atoms with Crippen LogP contribution in [0.25, 0.3) is 0 Å². The Morgan fingerprint density at radius 1 is 1.47 bits per heavy atom. The predicted octanol–water partition coefficient (Wildman–Crippen LogP) is 4.59. The summed E-state index contributed by atoms with van der Waals surface area (Å²) in [5.41, 5.74) is 1.82. The number of alkyl halides is 1. The lowest BCUT2D eigenvalue weighted by Crippen LogP contribution is -2.53. The summed E-state index contributed by atoms with van der Waals surface area (Å²) in [4.78, 5) is 14.3. The summed E-state index contributed by atoms with van der Waals surface area (Å²) in [7, 11) is 0. The Morgan fingerprint density at radius 3 is 2.68 bits per heavy atom. The lowest BCUT2D eigenvalue weighted by molar-refractivity contribution is -0.119. The minimum Gasteiger partial charge on any atom is -0.305 e. The second-order valence-corrected chi connectivity index (χ2v) is 7.00. The lowest BCUT2D eigenvalue weighted by atomic mass is 9.80. The van der Waals surface area contributed by atoms with Gasteiger partial charge in [-0.2, -0.15) is 0 Å². The SMILES string of the molecule is CC(Cl)C(=O)N1c2ccc(Cl)cc2C(C)CC1(C)C. The van der Waals surface area contributed by atoms with Crippen LogP contribution >= 0.6 is 23.2 Å². The summed E-state index contributed by atoms with van der Waals surface area (Å²) < 4.78 is 0. The standard InChI is InChI=1S/C15H19Cl2NO/c1-9-8-15(3,4)18(14(19)10(2)16)13-6-5-11(17)7-12(9)13/h5-7,9-10H,8H2,1-4H3. The van der Waals surface area contributed by atoms with Crippen LogP contribution in [0.4, 0.5) is 5.69 Å². The highest BCUT2D eigenvalue weighted by Gasteiger charge is 2.40. The molecule has 2 unspecified atom stereocenters. The Bertz CT molecular complexity index is 511. The van der Waals surface area contributed by atoms with Crippen LogP contribution in [0.5, 0.6) is 0 Å². The molecule has 0 bridgehead atoms. The molecule has 0 N–H and O–H groups in total. The first kappa shape index (κ1) is 14.7. The van der Waals surface area contributed by atoms with Crippen LogP contribution in [0.1, 0.15) is 45.6 Å². The number of hydrogen-bond acceptors (Lipinski definition) is 1. The Morgan fingerprint density at radius 2 is 2.11 bits per heavy atom. The zero-order valence-corrected chi connectivity index (χ0v) is 13.2. The van der Waals surface area contributed by atoms with E-state index in [0.29, 0.717) is 10.9 Å². The molecule has 1 aliphatic heterocycles. The molecule has 1 aromatic carbocycles. The zero-order chi connectivity index (χ0) is 14.4. The van der Waals surface area contributed by atoms with Crippen molar-refractivity contribution in [1.82, 2.24) is 0 Å². The molecule has 2 rings (SSSR count). The largest absolute Gasteiger partial charge is 0.305 e. The van der Waals surface area contributed by atoms with Crippen molar-refractivity contribution in [3.63, 3.8) is 0 Å². The predicted molar refractivity (Wildman–Crippen MR) is 81.4 cm³/mol. The van der Waals surface area contributed by atoms with E-state index in [4.69, 9.17) is 23.2 Å². The van der Waals surface area contributed by atoms with Crippen molar-refractivity contribution in [2.75, 3.05) is 4.90 Å². The van der Waals surface area contributed by atoms with E-state index in [-0.39, 0.29) is 11.4 Å². The van der Waals surface area contributed by atoms with Crippen LogP contribution in [0.15, 0.2) is 18.2 Å². The molecule has 0 saturated carbocycles. The number of rotatable bonds is 1. The monoisotopic (exact) mass is 299 g/mol. The van der Waals surface area contributed by atoms with Gasteiger partial charge in [0, 0.05) is 16.2 Å². The molecule has 104 valence electrons. The van der Waals surface area contributed by atoms with Gasteiger partial charge in [0.25, 0.3) is 0 Å². The third kappa shape index (κ3) is 2.61. The second kappa shape index (κ2) is 4.99. The van der Waals surface area contributed by atoms with Crippen molar-refractivity contribution in [2.24, 2.45) is 0 Å². The quantitative estimate of drug-likeness (QED) is 0.695. The van der Waals surface area contributed by atoms with Crippen LogP contribution in [-0.4, -0.2) is 16.8 Å². The number of benzene rings is 1. The van der Waals surface area contributed by atoms with Crippen molar-refractivity contribution in [3.05, 3.63) is 28.8 Å². The highest BCUT2D eigenvalue weighted by molar-refractivity contribution is 6.33. The second-order valence-electron chi connectivity index (χ2n) is 5.91. The summed E-state index contributed by atoms with van der Waals surface area (Å²) in [5, 5.41) is 0.174. The molecular weight excluding hydrogens is 281 g/mol. The number of amides is 1. The van der Waals surface area contributed by atoms with Gasteiger partial charge in [-0.05, 0) is 56.9 Å². The van der Waals surface area contributed by atoms with Crippen LogP contribution in [0, 0.1) is 0 Å². The number of hydrogen-bond donors (Lipinski definition) is 0. The summed E-state index contributed by atoms with van der Waals surface area (Å²) >= 11 is 12.1. The van der Waals surface area contributed by atoms with Gasteiger partial charge in [-0.1, -0.05) is 18.5 Å². The molecule has 2 nitrogen and oxygen atoms in total. The number of halogens is 2. The number of carbonyl (C=O) groups is 1. The van der Waals surface area contributed by atoms with Gasteiger partial charge >= 0.3 is 0 Å². The molecule has 0 aromatic heterocycles. The molecule has 2 atom stereocenters. The molecule has 0 spiro atoms. The minimum absolute atomic E-state index is 0.0536. The van der Waals surface area contributed by atoms with E-state index in [0.717, 1.165) is 17.7 Å². The van der Waals surface area contributed by atoms with Crippen LogP contribution in [0.3, 0.4) is 0 Å². The Balaban J connectivity index is 2.58. The first-order chi connectivity index (χ1) is 8.74. The molecule has 4 heteroatoms. The van der Waals surface area contributed by atoms with Crippen molar-refractivity contribution >= 4 is 34.8 Å². The molecule has 1 aliphatic rings. The van der Waals surface area contributed by atoms with Crippen LogP contribution in [0.2, 0.25) is 5.02 Å². The van der Waals surface area contributed by atoms with Gasteiger partial charge in [-0.25, -0.2) is 0 Å². The van der Waals surface area contributed by atoms with E-state index >= 15 is 0 Å². The van der Waals surface area contributed by atoms with Crippen molar-refractivity contribution in [3.8, 4) is 0 Å². The Labute approximate surface area is 124 Å². The fourth-order valence-electron chi connectivity index (χ4n) is 3.00. The molecule has 0 fully saturated rings. The van der Waals surface area contributed by atoms with Gasteiger partial charge in [-0.3, -0.25) is 4.79 Å². The summed E-state index contributed by atoms with van der Waals surface area (Å²) in [6.45, 7) is 8.05. The normalized spacial score (nSPS) is 22.8. The highest BCUT2D eigenvalue weighted by Crippen LogP contribution is 2.44. The maximum Gasteiger partial charge on any atom is 0.245 e. The first-order valence-corrected chi connectivity index (χ1v) is 7.33. The van der Waals surface area contributed by atoms with E-state index in [1.165, 1.54) is 0 Å². The maximum atomic E-state index is 12.4. The molecule has 1 heterocycles. The smallest absolute Gasteiger partial charge is 0.245 e. The minimum atomic E-state index is -0.531. The van der Waals surface area contributed by atoms with Gasteiger partial charge in [0.1, 0.15) is 5.38 Å². The van der Waals surface area contributed by atoms with Gasteiger partial charge in [0.05, 0.1) is 0 Å². The third-order valence-corrected chi connectivity index (χ3v) is 4.15. The number of fused-ring (bicyclic) bond motifs is 1. The molecule has 0 saturated heterocycles. The Kier molecular flexibility index (Phi) is 3.85. The van der Waals surface area contributed by atoms with Gasteiger partial charge in [0.15, 0.2) is 0 Å². The van der Waals surface area contributed by atoms with E-state index in [1.54, 1.807) is 6.92 Å². The molecule has 0 radical (unpaired) electrons. The molecule has 1 amide bonds. The lowest BCUT2D eigenvalue weighted by Gasteiger charge is -2.46. The molecule has 0 aliphatic carbocycles. The fraction of sp³-hybridized carbons (Fsp3) is 0.533. The molecule has 1 aromatic rings. The number of nitrogens with zero attached hydrogens (tertiary/aromatic N) is 1. The van der Waals surface area contributed by atoms with Gasteiger partial charge in [-0.15, -0.1) is 11.6 Å². The summed E-state index contributed by atoms with van der Waals surface area (Å²) in [5.74, 6) is 0.320. The molecule has 19 heavy (non-hydrogen) atoms. The molecular formula is C15H19Cl2NO. The average Bonchev–Trinajstić information content (AvgIpc) is 2.28. The number of carbonyl (C=O) groups excluding carboxylic acids is 1. The number of anilines is 1. The van der Waals surface area contributed by atoms with Crippen molar-refractivity contribution in [2.45, 2.75) is 50.9 Å². The topological polar surface area (TPSA) is 20.3 Å². The van der Waals surface area contributed by atoms with Gasteiger partial charge in [0.2, 0.25) is 5.91 Å². The zero-order valence-electron chi connectivity index (χ0n) is 11.7. The van der Waals surface area contributed by atoms with E-state index in [9.17, 15) is 4.79 Å². The van der Waals surface area contributed by atoms with Crippen LogP contribution < -0.4 is 4.90 Å². The summed E-state index contributed by atoms with van der Waals surface area (Å²) in [6.07, 6.45) is 0.899. The first-order valence-electron chi connectivity index (χ1n) is 6.51. The van der Waals surface area contributed by atoms with E-state index < -0.39 is 5.38 Å². The van der Waals surface area contributed by atoms with Crippen molar-refractivity contribution in [1.29, 1.82) is 0 Å². The highest BCUT2D eigenvalue weighted by atomic mass is 35.5. The Hall–Kier alpha value is -0.730. The van der Waals surface area contributed by atoms with Crippen molar-refractivity contribution < 1.29 is 4.79 Å².